The second-order valence-electron chi connectivity index (χ2n) is 11.1. The van der Waals surface area contributed by atoms with Gasteiger partial charge >= 0.3 is 6.09 Å². The fourth-order valence-electron chi connectivity index (χ4n) is 5.98. The Balaban J connectivity index is 1.57. The molecule has 0 spiro atoms. The van der Waals surface area contributed by atoms with Gasteiger partial charge in [0, 0.05) is 35.3 Å². The summed E-state index contributed by atoms with van der Waals surface area (Å²) in [5.41, 5.74) is 2.18. The summed E-state index contributed by atoms with van der Waals surface area (Å²) < 4.78 is 25.6. The lowest BCUT2D eigenvalue weighted by atomic mass is 9.79. The highest BCUT2D eigenvalue weighted by molar-refractivity contribution is 9.10. The molecule has 0 radical (unpaired) electrons. The highest BCUT2D eigenvalue weighted by Gasteiger charge is 2.56. The smallest absolute Gasteiger partial charge is 0.410 e. The average molecular weight is 580 g/mol. The molecular weight excluding hydrogens is 553 g/mol. The number of nitriles is 1. The normalized spacial score (nSPS) is 20.7. The van der Waals surface area contributed by atoms with E-state index in [1.165, 1.54) is 6.33 Å². The zero-order valence-corrected chi connectivity index (χ0v) is 23.2. The molecule has 38 heavy (non-hydrogen) atoms. The third-order valence-corrected chi connectivity index (χ3v) is 8.38. The summed E-state index contributed by atoms with van der Waals surface area (Å²) in [6.07, 6.45) is 4.25. The average Bonchev–Trinajstić information content (AvgIpc) is 3.63. The number of nitrogens with zero attached hydrogens (tertiary/aromatic N) is 7. The molecule has 11 heteroatoms. The summed E-state index contributed by atoms with van der Waals surface area (Å²) in [6.45, 7) is 8.25. The van der Waals surface area contributed by atoms with Crippen molar-refractivity contribution in [3.63, 3.8) is 0 Å². The molecule has 1 aromatic carbocycles. The summed E-state index contributed by atoms with van der Waals surface area (Å²) in [4.78, 5) is 23.6. The number of aromatic nitrogens is 5. The Kier molecular flexibility index (Phi) is 5.72. The second-order valence-corrected chi connectivity index (χ2v) is 11.9. The molecule has 2 aliphatic heterocycles. The number of aryl methyl sites for hydroxylation is 2. The Morgan fingerprint density at radius 1 is 1.32 bits per heavy atom. The molecule has 3 aromatic heterocycles. The number of amides is 1. The van der Waals surface area contributed by atoms with E-state index in [1.54, 1.807) is 11.0 Å². The van der Waals surface area contributed by atoms with Gasteiger partial charge in [-0.05, 0) is 74.2 Å². The van der Waals surface area contributed by atoms with E-state index < -0.39 is 11.4 Å². The fourth-order valence-corrected chi connectivity index (χ4v) is 6.48. The van der Waals surface area contributed by atoms with Crippen LogP contribution < -0.4 is 0 Å². The van der Waals surface area contributed by atoms with Crippen LogP contribution in [-0.4, -0.2) is 53.5 Å². The molecule has 1 saturated carbocycles. The molecule has 1 aliphatic carbocycles. The Hall–Kier alpha value is -3.52. The topological polar surface area (TPSA) is 102 Å². The Morgan fingerprint density at radius 3 is 2.79 bits per heavy atom. The summed E-state index contributed by atoms with van der Waals surface area (Å²) in [5.74, 6) is 0.271. The number of rotatable bonds is 4. The van der Waals surface area contributed by atoms with E-state index >= 15 is 4.39 Å². The molecule has 196 valence electrons. The monoisotopic (exact) mass is 579 g/mol. The van der Waals surface area contributed by atoms with Gasteiger partial charge in [-0.2, -0.15) is 10.4 Å². The number of fused-ring (bicyclic) bond motifs is 4. The maximum atomic E-state index is 15.8. The van der Waals surface area contributed by atoms with Gasteiger partial charge in [-0.15, -0.1) is 0 Å². The maximum absolute atomic E-state index is 15.8. The summed E-state index contributed by atoms with van der Waals surface area (Å²) in [5, 5.41) is 14.9. The minimum atomic E-state index is -0.574. The van der Waals surface area contributed by atoms with E-state index in [-0.39, 0.29) is 36.0 Å². The number of hydrogen-bond acceptors (Lipinski definition) is 6. The van der Waals surface area contributed by atoms with E-state index in [0.29, 0.717) is 34.2 Å². The molecule has 5 heterocycles. The minimum Gasteiger partial charge on any atom is -0.444 e. The Morgan fingerprint density at radius 2 is 2.11 bits per heavy atom. The zero-order valence-electron chi connectivity index (χ0n) is 21.6. The van der Waals surface area contributed by atoms with Crippen molar-refractivity contribution in [3.8, 4) is 11.9 Å². The van der Waals surface area contributed by atoms with E-state index in [4.69, 9.17) is 15.0 Å². The first-order chi connectivity index (χ1) is 18.1. The largest absolute Gasteiger partial charge is 0.444 e. The second kappa shape index (κ2) is 8.76. The summed E-state index contributed by atoms with van der Waals surface area (Å²) in [7, 11) is 0. The molecule has 3 atom stereocenters. The van der Waals surface area contributed by atoms with Crippen molar-refractivity contribution in [1.82, 2.24) is 29.2 Å². The van der Waals surface area contributed by atoms with Gasteiger partial charge in [0.05, 0.1) is 28.1 Å². The zero-order chi connectivity index (χ0) is 26.9. The molecule has 7 rings (SSSR count). The predicted octanol–water partition coefficient (Wildman–Crippen LogP) is 5.62. The van der Waals surface area contributed by atoms with Crippen LogP contribution in [0.5, 0.6) is 0 Å². The number of carbonyl (C=O) groups excluding carboxylic acids is 1. The molecule has 3 fully saturated rings. The van der Waals surface area contributed by atoms with Gasteiger partial charge in [0.25, 0.3) is 0 Å². The Labute approximate surface area is 227 Å². The summed E-state index contributed by atoms with van der Waals surface area (Å²) >= 11 is 3.40. The van der Waals surface area contributed by atoms with Crippen molar-refractivity contribution in [1.29, 1.82) is 5.26 Å². The van der Waals surface area contributed by atoms with Crippen molar-refractivity contribution >= 4 is 43.8 Å². The van der Waals surface area contributed by atoms with Gasteiger partial charge in [0.15, 0.2) is 11.6 Å². The van der Waals surface area contributed by atoms with Crippen molar-refractivity contribution in [2.45, 2.75) is 64.6 Å². The summed E-state index contributed by atoms with van der Waals surface area (Å²) in [6, 6.07) is 6.14. The van der Waals surface area contributed by atoms with Crippen LogP contribution in [0.25, 0.3) is 27.6 Å². The van der Waals surface area contributed by atoms with Crippen molar-refractivity contribution < 1.29 is 13.9 Å². The third-order valence-electron chi connectivity index (χ3n) is 7.52. The van der Waals surface area contributed by atoms with Crippen LogP contribution in [-0.2, 0) is 11.2 Å². The number of benzene rings is 1. The molecule has 0 N–H and O–H groups in total. The lowest BCUT2D eigenvalue weighted by molar-refractivity contribution is 0.0210. The van der Waals surface area contributed by atoms with Crippen molar-refractivity contribution in [2.75, 3.05) is 6.54 Å². The Bertz CT molecular complexity index is 1630. The van der Waals surface area contributed by atoms with E-state index in [1.807, 2.05) is 44.7 Å². The first-order valence-electron chi connectivity index (χ1n) is 12.6. The quantitative estimate of drug-likeness (QED) is 0.311. The molecule has 9 nitrogen and oxygen atoms in total. The molecule has 4 aromatic rings. The van der Waals surface area contributed by atoms with Crippen molar-refractivity contribution in [3.05, 3.63) is 46.3 Å². The number of ether oxygens (including phenoxy) is 1. The first-order valence-corrected chi connectivity index (χ1v) is 13.4. The van der Waals surface area contributed by atoms with Gasteiger partial charge in [-0.3, -0.25) is 0 Å². The fraction of sp³-hybridized carbons (Fsp3) is 0.444. The molecule has 1 amide bonds. The lowest BCUT2D eigenvalue weighted by Gasteiger charge is -2.39. The number of pyridine rings is 1. The number of hydrogen-bond donors (Lipinski definition) is 0. The highest BCUT2D eigenvalue weighted by Crippen LogP contribution is 2.52. The molecule has 3 aliphatic rings. The first kappa shape index (κ1) is 24.8. The highest BCUT2D eigenvalue weighted by atomic mass is 79.9. The number of carbonyl (C=O) groups is 1. The van der Waals surface area contributed by atoms with Crippen LogP contribution in [0.2, 0.25) is 0 Å². The van der Waals surface area contributed by atoms with E-state index in [2.05, 4.69) is 36.6 Å². The molecule has 2 saturated heterocycles. The lowest BCUT2D eigenvalue weighted by Crippen LogP contribution is -2.44. The standard InChI is InChI=1S/C27H27BrFN7O2/c1-14-8-18-24(36(14)23-16-10-19(23)34(11-16)26(37)38-27(2,3)4)17-9-15(6-5-7-30)20(28)21(29)22(17)33-25(18)35-13-31-12-32-35/h8-9,12-13,16,19,23H,5-6,10-11H2,1-4H3/t16-,19-,23+/m1/s1. The van der Waals surface area contributed by atoms with Crippen LogP contribution in [0.15, 0.2) is 29.3 Å². The van der Waals surface area contributed by atoms with Crippen LogP contribution in [0.4, 0.5) is 9.18 Å². The molecular formula is C27H27BrFN7O2. The van der Waals surface area contributed by atoms with Gasteiger partial charge in [0.2, 0.25) is 0 Å². The molecule has 2 bridgehead atoms. The van der Waals surface area contributed by atoms with E-state index in [9.17, 15) is 4.79 Å². The SMILES string of the molecule is Cc1cc2c(-n3cncn3)nc3c(F)c(Br)c(CCC#N)cc3c2n1[C@H]1[C@@H]2C[C@H]1N(C(=O)OC(C)(C)C)C2. The van der Waals surface area contributed by atoms with E-state index in [0.717, 1.165) is 23.0 Å². The van der Waals surface area contributed by atoms with Gasteiger partial charge in [-0.1, -0.05) is 0 Å². The van der Waals surface area contributed by atoms with Gasteiger partial charge < -0.3 is 14.2 Å². The van der Waals surface area contributed by atoms with Crippen LogP contribution in [0, 0.1) is 30.0 Å². The van der Waals surface area contributed by atoms with Crippen LogP contribution in [0.1, 0.15) is 50.9 Å². The van der Waals surface area contributed by atoms with Crippen LogP contribution >= 0.6 is 15.9 Å². The van der Waals surface area contributed by atoms with Crippen LogP contribution in [0.3, 0.4) is 0 Å². The van der Waals surface area contributed by atoms with Gasteiger partial charge in [0.1, 0.15) is 23.8 Å². The minimum absolute atomic E-state index is 0.0134. The van der Waals surface area contributed by atoms with Gasteiger partial charge in [-0.25, -0.2) is 23.8 Å². The maximum Gasteiger partial charge on any atom is 0.410 e. The predicted molar refractivity (Wildman–Crippen MR) is 142 cm³/mol. The van der Waals surface area contributed by atoms with Crippen molar-refractivity contribution in [2.24, 2.45) is 5.92 Å². The third kappa shape index (κ3) is 3.76. The molecule has 0 unspecified atom stereocenters. The number of halogens is 2.